The van der Waals surface area contributed by atoms with E-state index < -0.39 is 48.8 Å². The first-order chi connectivity index (χ1) is 14.7. The highest BCUT2D eigenvalue weighted by atomic mass is 19.3. The Bertz CT molecular complexity index is 761. The highest BCUT2D eigenvalue weighted by molar-refractivity contribution is 5.98. The Morgan fingerprint density at radius 1 is 1.13 bits per heavy atom. The third kappa shape index (κ3) is 7.62. The van der Waals surface area contributed by atoms with E-state index >= 15 is 0 Å². The third-order valence-corrected chi connectivity index (χ3v) is 4.72. The van der Waals surface area contributed by atoms with Crippen LogP contribution in [0.3, 0.4) is 0 Å². The number of carbonyl (C=O) groups excluding carboxylic acids is 3. The lowest BCUT2D eigenvalue weighted by molar-refractivity contribution is -0.148. The van der Waals surface area contributed by atoms with E-state index in [9.17, 15) is 23.2 Å². The molecule has 0 unspecified atom stereocenters. The predicted molar refractivity (Wildman–Crippen MR) is 105 cm³/mol. The molecule has 2 rings (SSSR count). The van der Waals surface area contributed by atoms with Crippen LogP contribution in [0.4, 0.5) is 8.78 Å². The molecule has 4 N–H and O–H groups in total. The van der Waals surface area contributed by atoms with Gasteiger partial charge in [0.1, 0.15) is 17.7 Å². The van der Waals surface area contributed by atoms with Gasteiger partial charge in [0.05, 0.1) is 25.9 Å². The molecule has 1 aromatic carbocycles. The van der Waals surface area contributed by atoms with Gasteiger partial charge in [0, 0.05) is 7.11 Å². The van der Waals surface area contributed by atoms with Gasteiger partial charge in [-0.3, -0.25) is 14.4 Å². The van der Waals surface area contributed by atoms with Crippen LogP contribution in [0.15, 0.2) is 30.3 Å². The number of halogens is 2. The first-order valence-corrected chi connectivity index (χ1v) is 9.63. The zero-order chi connectivity index (χ0) is 23.0. The summed E-state index contributed by atoms with van der Waals surface area (Å²) in [5.41, 5.74) is 5.37. The highest BCUT2D eigenvalue weighted by Gasteiger charge is 2.50. The minimum atomic E-state index is -3.15. The molecule has 0 spiro atoms. The van der Waals surface area contributed by atoms with Crippen molar-refractivity contribution in [2.75, 3.05) is 26.9 Å². The molecule has 1 aliphatic heterocycles. The number of epoxide rings is 1. The van der Waals surface area contributed by atoms with Crippen LogP contribution in [0.25, 0.3) is 0 Å². The average Bonchev–Trinajstić information content (AvgIpc) is 3.49. The second-order valence-corrected chi connectivity index (χ2v) is 7.35. The van der Waals surface area contributed by atoms with E-state index in [1.54, 1.807) is 37.3 Å². The SMILES string of the molecule is COC[C@H](N)C(=O)N[C@@H](COC(F)F)C(=O)N[C@@H](Cc1ccccc1)C(=O)[C@]1(C)CO1. The van der Waals surface area contributed by atoms with Gasteiger partial charge in [0.2, 0.25) is 11.8 Å². The number of hydrogen-bond acceptors (Lipinski definition) is 7. The molecule has 0 saturated carbocycles. The lowest BCUT2D eigenvalue weighted by Gasteiger charge is -2.24. The second kappa shape index (κ2) is 11.2. The Hall–Kier alpha value is -2.47. The molecule has 11 heteroatoms. The molecule has 0 aliphatic carbocycles. The number of nitrogens with two attached hydrogens (primary N) is 1. The summed E-state index contributed by atoms with van der Waals surface area (Å²) in [5, 5.41) is 4.79. The number of benzene rings is 1. The fourth-order valence-corrected chi connectivity index (χ4v) is 2.84. The van der Waals surface area contributed by atoms with E-state index in [-0.39, 0.29) is 25.4 Å². The maximum absolute atomic E-state index is 12.9. The minimum absolute atomic E-state index is 0.138. The van der Waals surface area contributed by atoms with Gasteiger partial charge in [0.25, 0.3) is 0 Å². The molecular weight excluding hydrogens is 416 g/mol. The number of Topliss-reactive ketones (excluding diaryl/α,β-unsaturated/α-hetero) is 1. The van der Waals surface area contributed by atoms with Crippen LogP contribution >= 0.6 is 0 Å². The fourth-order valence-electron chi connectivity index (χ4n) is 2.84. The van der Waals surface area contributed by atoms with Crippen molar-refractivity contribution in [1.82, 2.24) is 10.6 Å². The molecule has 1 aliphatic rings. The zero-order valence-corrected chi connectivity index (χ0v) is 17.3. The summed E-state index contributed by atoms with van der Waals surface area (Å²) >= 11 is 0. The normalized spacial score (nSPS) is 20.6. The van der Waals surface area contributed by atoms with Gasteiger partial charge < -0.3 is 30.6 Å². The maximum Gasteiger partial charge on any atom is 0.345 e. The molecule has 2 amide bonds. The quantitative estimate of drug-likeness (QED) is 0.359. The first kappa shape index (κ1) is 24.8. The van der Waals surface area contributed by atoms with Gasteiger partial charge >= 0.3 is 6.61 Å². The molecule has 4 atom stereocenters. The summed E-state index contributed by atoms with van der Waals surface area (Å²) in [5.74, 6) is -2.01. The van der Waals surface area contributed by atoms with Crippen molar-refractivity contribution >= 4 is 17.6 Å². The van der Waals surface area contributed by atoms with E-state index in [0.717, 1.165) is 5.56 Å². The second-order valence-electron chi connectivity index (χ2n) is 7.35. The molecule has 9 nitrogen and oxygen atoms in total. The highest BCUT2D eigenvalue weighted by Crippen LogP contribution is 2.29. The van der Waals surface area contributed by atoms with Crippen molar-refractivity contribution in [2.45, 2.75) is 43.7 Å². The average molecular weight is 443 g/mol. The molecule has 0 bridgehead atoms. The lowest BCUT2D eigenvalue weighted by atomic mass is 9.94. The van der Waals surface area contributed by atoms with Crippen molar-refractivity contribution < 1.29 is 37.4 Å². The van der Waals surface area contributed by atoms with Gasteiger partial charge in [-0.1, -0.05) is 30.3 Å². The van der Waals surface area contributed by atoms with Crippen molar-refractivity contribution in [3.8, 4) is 0 Å². The fraction of sp³-hybridized carbons (Fsp3) is 0.550. The molecule has 31 heavy (non-hydrogen) atoms. The number of rotatable bonds is 13. The summed E-state index contributed by atoms with van der Waals surface area (Å²) in [6, 6.07) is 5.32. The first-order valence-electron chi connectivity index (χ1n) is 9.63. The van der Waals surface area contributed by atoms with Crippen molar-refractivity contribution in [3.63, 3.8) is 0 Å². The van der Waals surface area contributed by atoms with Crippen LogP contribution in [-0.4, -0.2) is 74.9 Å². The molecule has 1 aromatic rings. The number of ketones is 1. The molecular formula is C20H27F2N3O6. The number of hydrogen-bond donors (Lipinski definition) is 3. The van der Waals surface area contributed by atoms with Crippen LogP contribution in [-0.2, 0) is 35.0 Å². The Kier molecular flexibility index (Phi) is 8.99. The van der Waals surface area contributed by atoms with Crippen LogP contribution in [0.2, 0.25) is 0 Å². The van der Waals surface area contributed by atoms with Gasteiger partial charge in [-0.15, -0.1) is 0 Å². The summed E-state index contributed by atoms with van der Waals surface area (Å²) < 4.78 is 39.3. The molecule has 0 aromatic heterocycles. The Balaban J connectivity index is 2.14. The molecule has 1 fully saturated rings. The van der Waals surface area contributed by atoms with E-state index in [1.165, 1.54) is 7.11 Å². The van der Waals surface area contributed by atoms with Gasteiger partial charge in [-0.25, -0.2) is 0 Å². The summed E-state index contributed by atoms with van der Waals surface area (Å²) in [6.45, 7) is -2.29. The number of carbonyl (C=O) groups is 3. The van der Waals surface area contributed by atoms with Crippen molar-refractivity contribution in [1.29, 1.82) is 0 Å². The number of ether oxygens (including phenoxy) is 3. The van der Waals surface area contributed by atoms with Gasteiger partial charge in [0.15, 0.2) is 5.78 Å². The van der Waals surface area contributed by atoms with E-state index in [2.05, 4.69) is 15.4 Å². The van der Waals surface area contributed by atoms with Gasteiger partial charge in [-0.05, 0) is 18.9 Å². The van der Waals surface area contributed by atoms with Crippen LogP contribution in [0, 0.1) is 0 Å². The topological polar surface area (TPSA) is 132 Å². The van der Waals surface area contributed by atoms with E-state index in [0.29, 0.717) is 0 Å². The Morgan fingerprint density at radius 3 is 2.29 bits per heavy atom. The maximum atomic E-state index is 12.9. The van der Waals surface area contributed by atoms with Crippen LogP contribution < -0.4 is 16.4 Å². The number of alkyl halides is 2. The largest absolute Gasteiger partial charge is 0.383 e. The Labute approximate surface area is 178 Å². The predicted octanol–water partition coefficient (Wildman–Crippen LogP) is -0.230. The molecule has 0 radical (unpaired) electrons. The number of methoxy groups -OCH3 is 1. The van der Waals surface area contributed by atoms with E-state index in [1.807, 2.05) is 0 Å². The summed E-state index contributed by atoms with van der Waals surface area (Å²) in [7, 11) is 1.33. The van der Waals surface area contributed by atoms with Crippen molar-refractivity contribution in [2.24, 2.45) is 5.73 Å². The van der Waals surface area contributed by atoms with E-state index in [4.69, 9.17) is 15.2 Å². The lowest BCUT2D eigenvalue weighted by Crippen LogP contribution is -2.58. The van der Waals surface area contributed by atoms with Crippen LogP contribution in [0.5, 0.6) is 0 Å². The summed E-state index contributed by atoms with van der Waals surface area (Å²) in [6.07, 6.45) is 0.157. The third-order valence-electron chi connectivity index (χ3n) is 4.72. The zero-order valence-electron chi connectivity index (χ0n) is 17.3. The monoisotopic (exact) mass is 443 g/mol. The summed E-state index contributed by atoms with van der Waals surface area (Å²) in [4.78, 5) is 37.8. The Morgan fingerprint density at radius 2 is 1.74 bits per heavy atom. The standard InChI is InChI=1S/C20H27F2N3O6/c1-20(11-31-20)16(26)14(8-12-6-4-3-5-7-12)24-18(28)15(10-30-19(21)22)25-17(27)13(23)9-29-2/h3-7,13-15,19H,8-11,23H2,1-2H3,(H,24,28)(H,25,27)/t13-,14-,15-,20-/m0/s1. The molecule has 172 valence electrons. The number of amides is 2. The van der Waals surface area contributed by atoms with Gasteiger partial charge in [-0.2, -0.15) is 8.78 Å². The minimum Gasteiger partial charge on any atom is -0.383 e. The molecule has 1 saturated heterocycles. The smallest absolute Gasteiger partial charge is 0.345 e. The van der Waals surface area contributed by atoms with Crippen LogP contribution in [0.1, 0.15) is 12.5 Å². The number of nitrogens with one attached hydrogen (secondary N) is 2. The molecule has 1 heterocycles. The van der Waals surface area contributed by atoms with Crippen molar-refractivity contribution in [3.05, 3.63) is 35.9 Å².